The van der Waals surface area contributed by atoms with E-state index in [-0.39, 0.29) is 18.1 Å². The molecule has 0 aromatic heterocycles. The van der Waals surface area contributed by atoms with Crippen LogP contribution in [0.2, 0.25) is 0 Å². The van der Waals surface area contributed by atoms with Crippen molar-refractivity contribution < 1.29 is 19.1 Å². The van der Waals surface area contributed by atoms with Crippen LogP contribution in [-0.4, -0.2) is 11.9 Å². The van der Waals surface area contributed by atoms with Gasteiger partial charge in [-0.15, -0.1) is 0 Å². The van der Waals surface area contributed by atoms with Gasteiger partial charge in [-0.1, -0.05) is 147 Å². The van der Waals surface area contributed by atoms with E-state index in [9.17, 15) is 9.59 Å². The number of carbonyl (C=O) groups is 2. The number of allylic oxidation sites excluding steroid dienone is 4. The van der Waals surface area contributed by atoms with Gasteiger partial charge in [0.05, 0.1) is 0 Å². The lowest BCUT2D eigenvalue weighted by Crippen LogP contribution is -2.12. The zero-order chi connectivity index (χ0) is 34.0. The summed E-state index contributed by atoms with van der Waals surface area (Å²) in [7, 11) is 0. The smallest absolute Gasteiger partial charge is 0.311 e. The number of benzene rings is 1. The standard InChI is InChI=1S/C43H72O4.H3N/c1-4-6-8-10-12-14-16-18-20-22-24-26-28-30-32-34-42(44)46-40-37-36-39(3)38-41(40)47-43(45)35-33-31-29-27-25-23-21-19-17-15-13-11-9-7-5-2;/h18-21,36-38H,4-17,22-35H2,1-3H3;1H3. The van der Waals surface area contributed by atoms with E-state index in [0.717, 1.165) is 56.9 Å². The zero-order valence-electron chi connectivity index (χ0n) is 31.7. The topological polar surface area (TPSA) is 87.6 Å². The van der Waals surface area contributed by atoms with Gasteiger partial charge >= 0.3 is 11.9 Å². The second kappa shape index (κ2) is 34.5. The molecule has 0 bridgehead atoms. The first kappa shape index (κ1) is 45.6. The van der Waals surface area contributed by atoms with Gasteiger partial charge in [0.2, 0.25) is 0 Å². The predicted molar refractivity (Wildman–Crippen MR) is 206 cm³/mol. The first-order valence-corrected chi connectivity index (χ1v) is 19.9. The molecule has 0 atom stereocenters. The van der Waals surface area contributed by atoms with Crippen LogP contribution < -0.4 is 15.6 Å². The van der Waals surface area contributed by atoms with Crippen molar-refractivity contribution in [3.8, 4) is 11.5 Å². The van der Waals surface area contributed by atoms with Gasteiger partial charge in [-0.3, -0.25) is 9.59 Å². The van der Waals surface area contributed by atoms with E-state index >= 15 is 0 Å². The number of hydrogen-bond acceptors (Lipinski definition) is 5. The van der Waals surface area contributed by atoms with E-state index in [2.05, 4.69) is 38.2 Å². The average molecular weight is 670 g/mol. The van der Waals surface area contributed by atoms with Crippen molar-refractivity contribution >= 4 is 11.9 Å². The molecule has 0 spiro atoms. The van der Waals surface area contributed by atoms with Gasteiger partial charge < -0.3 is 15.6 Å². The Kier molecular flexibility index (Phi) is 32.7. The minimum atomic E-state index is -0.263. The fourth-order valence-electron chi connectivity index (χ4n) is 5.81. The molecule has 5 nitrogen and oxygen atoms in total. The third kappa shape index (κ3) is 28.6. The predicted octanol–water partition coefficient (Wildman–Crippen LogP) is 14.0. The SMILES string of the molecule is CCCCCCCCC=CCCCCCCCC(=O)Oc1ccc(C)cc1OC(=O)CCCCCCCC=CCCCCCCCC.N. The summed E-state index contributed by atoms with van der Waals surface area (Å²) in [6, 6.07) is 5.40. The Morgan fingerprint density at radius 2 is 0.812 bits per heavy atom. The van der Waals surface area contributed by atoms with E-state index in [1.165, 1.54) is 116 Å². The molecule has 276 valence electrons. The average Bonchev–Trinajstić information content (AvgIpc) is 3.06. The van der Waals surface area contributed by atoms with Crippen LogP contribution in [0.3, 0.4) is 0 Å². The number of ether oxygens (including phenoxy) is 2. The summed E-state index contributed by atoms with van der Waals surface area (Å²) >= 11 is 0. The minimum absolute atomic E-state index is 0. The highest BCUT2D eigenvalue weighted by Crippen LogP contribution is 2.29. The molecule has 0 aliphatic heterocycles. The van der Waals surface area contributed by atoms with Crippen molar-refractivity contribution in [3.05, 3.63) is 48.1 Å². The maximum absolute atomic E-state index is 12.5. The number of esters is 2. The monoisotopic (exact) mass is 670 g/mol. The molecule has 0 saturated carbocycles. The summed E-state index contributed by atoms with van der Waals surface area (Å²) in [5.41, 5.74) is 0.964. The Hall–Kier alpha value is -2.40. The Bertz CT molecular complexity index is 954. The maximum Gasteiger partial charge on any atom is 0.311 e. The van der Waals surface area contributed by atoms with Crippen LogP contribution in [0.15, 0.2) is 42.5 Å². The summed E-state index contributed by atoms with van der Waals surface area (Å²) in [6.07, 6.45) is 42.0. The van der Waals surface area contributed by atoms with Crippen molar-refractivity contribution in [2.24, 2.45) is 0 Å². The van der Waals surface area contributed by atoms with E-state index in [1.54, 1.807) is 12.1 Å². The summed E-state index contributed by atoms with van der Waals surface area (Å²) in [5, 5.41) is 0. The minimum Gasteiger partial charge on any atom is -0.423 e. The van der Waals surface area contributed by atoms with Crippen LogP contribution in [0.4, 0.5) is 0 Å². The second-order valence-corrected chi connectivity index (χ2v) is 13.6. The summed E-state index contributed by atoms with van der Waals surface area (Å²) in [4.78, 5) is 25.1. The van der Waals surface area contributed by atoms with Crippen molar-refractivity contribution in [2.45, 2.75) is 201 Å². The molecule has 1 aromatic carbocycles. The molecule has 1 rings (SSSR count). The molecule has 3 N–H and O–H groups in total. The molecule has 0 unspecified atom stereocenters. The van der Waals surface area contributed by atoms with Crippen molar-refractivity contribution in [2.75, 3.05) is 0 Å². The van der Waals surface area contributed by atoms with Gasteiger partial charge in [-0.25, -0.2) is 0 Å². The molecule has 0 amide bonds. The maximum atomic E-state index is 12.5. The molecule has 0 heterocycles. The fraction of sp³-hybridized carbons (Fsp3) is 0.721. The van der Waals surface area contributed by atoms with Crippen LogP contribution in [0, 0.1) is 6.92 Å². The van der Waals surface area contributed by atoms with Crippen LogP contribution in [0.25, 0.3) is 0 Å². The largest absolute Gasteiger partial charge is 0.423 e. The van der Waals surface area contributed by atoms with Gasteiger partial charge in [-0.2, -0.15) is 0 Å². The molecule has 0 saturated heterocycles. The lowest BCUT2D eigenvalue weighted by molar-refractivity contribution is -0.137. The van der Waals surface area contributed by atoms with Crippen molar-refractivity contribution in [1.82, 2.24) is 6.15 Å². The first-order valence-electron chi connectivity index (χ1n) is 19.9. The lowest BCUT2D eigenvalue weighted by atomic mass is 10.1. The summed E-state index contributed by atoms with van der Waals surface area (Å²) < 4.78 is 11.3. The van der Waals surface area contributed by atoms with E-state index < -0.39 is 0 Å². The fourth-order valence-corrected chi connectivity index (χ4v) is 5.81. The van der Waals surface area contributed by atoms with Crippen LogP contribution in [0.1, 0.15) is 199 Å². The normalized spacial score (nSPS) is 11.3. The molecule has 0 aliphatic rings. The Labute approximate surface area is 296 Å². The second-order valence-electron chi connectivity index (χ2n) is 13.6. The van der Waals surface area contributed by atoms with Crippen LogP contribution in [-0.2, 0) is 9.59 Å². The van der Waals surface area contributed by atoms with E-state index in [1.807, 2.05) is 13.0 Å². The molecule has 0 aliphatic carbocycles. The molecule has 0 fully saturated rings. The Morgan fingerprint density at radius 1 is 0.479 bits per heavy atom. The van der Waals surface area contributed by atoms with Crippen molar-refractivity contribution in [3.63, 3.8) is 0 Å². The van der Waals surface area contributed by atoms with Gasteiger partial charge in [0.25, 0.3) is 0 Å². The summed E-state index contributed by atoms with van der Waals surface area (Å²) in [6.45, 7) is 6.47. The third-order valence-corrected chi connectivity index (χ3v) is 8.83. The van der Waals surface area contributed by atoms with Gasteiger partial charge in [0.1, 0.15) is 0 Å². The first-order chi connectivity index (χ1) is 23.1. The van der Waals surface area contributed by atoms with Crippen LogP contribution >= 0.6 is 0 Å². The molecule has 5 heteroatoms. The number of aryl methyl sites for hydroxylation is 1. The van der Waals surface area contributed by atoms with Gasteiger partial charge in [0, 0.05) is 12.8 Å². The highest BCUT2D eigenvalue weighted by molar-refractivity contribution is 5.76. The number of hydrogen-bond donors (Lipinski definition) is 1. The quantitative estimate of drug-likeness (QED) is 0.0357. The van der Waals surface area contributed by atoms with Gasteiger partial charge in [-0.05, 0) is 88.8 Å². The summed E-state index contributed by atoms with van der Waals surface area (Å²) in [5.74, 6) is 0.163. The molecular formula is C43H75NO4. The highest BCUT2D eigenvalue weighted by Gasteiger charge is 2.14. The number of rotatable bonds is 32. The van der Waals surface area contributed by atoms with Crippen LogP contribution in [0.5, 0.6) is 11.5 Å². The molecule has 1 aromatic rings. The Morgan fingerprint density at radius 3 is 1.21 bits per heavy atom. The lowest BCUT2D eigenvalue weighted by Gasteiger charge is -2.11. The van der Waals surface area contributed by atoms with Crippen molar-refractivity contribution in [1.29, 1.82) is 0 Å². The highest BCUT2D eigenvalue weighted by atomic mass is 16.6. The van der Waals surface area contributed by atoms with E-state index in [4.69, 9.17) is 9.47 Å². The Balaban J connectivity index is 0.0000221. The number of unbranched alkanes of at least 4 members (excludes halogenated alkanes) is 22. The molecule has 48 heavy (non-hydrogen) atoms. The van der Waals surface area contributed by atoms with E-state index in [0.29, 0.717) is 24.3 Å². The third-order valence-electron chi connectivity index (χ3n) is 8.83. The zero-order valence-corrected chi connectivity index (χ0v) is 31.7. The molecule has 0 radical (unpaired) electrons. The molecular weight excluding hydrogens is 594 g/mol. The number of carbonyl (C=O) groups excluding carboxylic acids is 2. The van der Waals surface area contributed by atoms with Gasteiger partial charge in [0.15, 0.2) is 11.5 Å².